The first kappa shape index (κ1) is 16.8. The van der Waals surface area contributed by atoms with Crippen molar-refractivity contribution < 1.29 is 14.3 Å². The van der Waals surface area contributed by atoms with Crippen molar-refractivity contribution in [3.05, 3.63) is 30.9 Å². The lowest BCUT2D eigenvalue weighted by molar-refractivity contribution is -0.120. The Balaban J connectivity index is 1.31. The maximum Gasteiger partial charge on any atom is 0.229 e. The number of hydrogen-bond acceptors (Lipinski definition) is 7. The molecule has 9 heteroatoms. The van der Waals surface area contributed by atoms with E-state index in [0.717, 1.165) is 30.7 Å². The van der Waals surface area contributed by atoms with Crippen LogP contribution in [0.25, 0.3) is 11.2 Å². The molecule has 4 heterocycles. The van der Waals surface area contributed by atoms with Crippen LogP contribution in [0.1, 0.15) is 12.8 Å². The van der Waals surface area contributed by atoms with E-state index in [0.29, 0.717) is 42.6 Å². The number of piperidine rings is 1. The van der Waals surface area contributed by atoms with Gasteiger partial charge in [0.15, 0.2) is 23.0 Å². The van der Waals surface area contributed by atoms with Crippen molar-refractivity contribution in [1.82, 2.24) is 19.9 Å². The van der Waals surface area contributed by atoms with Crippen LogP contribution >= 0.6 is 0 Å². The highest BCUT2D eigenvalue weighted by atomic mass is 16.6. The van der Waals surface area contributed by atoms with E-state index in [1.54, 1.807) is 6.33 Å². The molecule has 0 radical (unpaired) electrons. The number of carbonyl (C=O) groups excluding carboxylic acids is 1. The minimum absolute atomic E-state index is 0.00344. The van der Waals surface area contributed by atoms with Crippen LogP contribution in [-0.2, 0) is 4.79 Å². The Hall–Kier alpha value is -3.36. The Morgan fingerprint density at radius 3 is 3.00 bits per heavy atom. The number of nitrogens with zero attached hydrogens (tertiary/aromatic N) is 4. The van der Waals surface area contributed by atoms with Crippen LogP contribution in [0.15, 0.2) is 30.9 Å². The smallest absolute Gasteiger partial charge is 0.229 e. The molecule has 2 N–H and O–H groups in total. The first-order chi connectivity index (χ1) is 13.8. The summed E-state index contributed by atoms with van der Waals surface area (Å²) in [7, 11) is 0. The van der Waals surface area contributed by atoms with E-state index in [9.17, 15) is 4.79 Å². The van der Waals surface area contributed by atoms with Gasteiger partial charge in [-0.15, -0.1) is 0 Å². The van der Waals surface area contributed by atoms with Crippen molar-refractivity contribution in [2.45, 2.75) is 12.8 Å². The van der Waals surface area contributed by atoms with Gasteiger partial charge in [0.2, 0.25) is 5.91 Å². The zero-order chi connectivity index (χ0) is 18.9. The van der Waals surface area contributed by atoms with Crippen LogP contribution in [-0.4, -0.2) is 52.1 Å². The molecule has 0 aliphatic carbocycles. The molecule has 1 atom stereocenters. The normalized spacial score (nSPS) is 18.9. The van der Waals surface area contributed by atoms with Crippen molar-refractivity contribution in [1.29, 1.82) is 0 Å². The summed E-state index contributed by atoms with van der Waals surface area (Å²) in [5.41, 5.74) is 2.15. The third kappa shape index (κ3) is 3.08. The first-order valence-electron chi connectivity index (χ1n) is 9.37. The van der Waals surface area contributed by atoms with Crippen molar-refractivity contribution in [3.8, 4) is 11.5 Å². The molecular weight excluding hydrogens is 360 g/mol. The number of H-pyrrole nitrogens is 1. The zero-order valence-electron chi connectivity index (χ0n) is 15.2. The molecule has 0 spiro atoms. The Labute approximate surface area is 161 Å². The number of rotatable bonds is 3. The van der Waals surface area contributed by atoms with E-state index in [1.165, 1.54) is 6.33 Å². The van der Waals surface area contributed by atoms with Gasteiger partial charge >= 0.3 is 0 Å². The first-order valence-corrected chi connectivity index (χ1v) is 9.37. The summed E-state index contributed by atoms with van der Waals surface area (Å²) in [5.74, 6) is 2.03. The Morgan fingerprint density at radius 1 is 1.18 bits per heavy atom. The molecule has 1 saturated heterocycles. The lowest BCUT2D eigenvalue weighted by Crippen LogP contribution is -2.41. The van der Waals surface area contributed by atoms with E-state index in [1.807, 2.05) is 18.2 Å². The Bertz CT molecular complexity index is 1020. The summed E-state index contributed by atoms with van der Waals surface area (Å²) in [6, 6.07) is 5.48. The summed E-state index contributed by atoms with van der Waals surface area (Å²) in [6.07, 6.45) is 4.87. The fourth-order valence-corrected chi connectivity index (χ4v) is 3.74. The molecule has 0 unspecified atom stereocenters. The van der Waals surface area contributed by atoms with Crippen LogP contribution in [0.4, 0.5) is 11.5 Å². The lowest BCUT2D eigenvalue weighted by atomic mass is 9.97. The molecule has 5 rings (SSSR count). The number of fused-ring (bicyclic) bond motifs is 2. The standard InChI is InChI=1S/C19H20N6O3/c26-19(24-13-3-4-14-15(8-13)28-7-6-27-14)12-2-1-5-25(9-12)18-16-17(21-10-20-16)22-11-23-18/h3-4,8,10-12H,1-2,5-7,9H2,(H,24,26)(H,20,21,22,23)/t12-/m0/s1. The quantitative estimate of drug-likeness (QED) is 0.716. The van der Waals surface area contributed by atoms with Crippen molar-refractivity contribution >= 4 is 28.6 Å². The molecule has 2 aliphatic heterocycles. The van der Waals surface area contributed by atoms with E-state index in [4.69, 9.17) is 9.47 Å². The molecule has 144 valence electrons. The number of carbonyl (C=O) groups is 1. The monoisotopic (exact) mass is 380 g/mol. The van der Waals surface area contributed by atoms with Gasteiger partial charge in [-0.3, -0.25) is 4.79 Å². The van der Waals surface area contributed by atoms with Gasteiger partial charge in [-0.2, -0.15) is 0 Å². The third-order valence-corrected chi connectivity index (χ3v) is 5.10. The van der Waals surface area contributed by atoms with Gasteiger partial charge in [-0.1, -0.05) is 0 Å². The largest absolute Gasteiger partial charge is 0.486 e. The summed E-state index contributed by atoms with van der Waals surface area (Å²) in [5, 5.41) is 3.01. The zero-order valence-corrected chi connectivity index (χ0v) is 15.2. The predicted octanol–water partition coefficient (Wildman–Crippen LogP) is 1.98. The Morgan fingerprint density at radius 2 is 2.07 bits per heavy atom. The number of anilines is 2. The summed E-state index contributed by atoms with van der Waals surface area (Å²) in [6.45, 7) is 2.51. The molecule has 1 aromatic carbocycles. The van der Waals surface area contributed by atoms with Crippen LogP contribution in [0.3, 0.4) is 0 Å². The van der Waals surface area contributed by atoms with E-state index in [-0.39, 0.29) is 11.8 Å². The molecule has 0 bridgehead atoms. The number of aromatic amines is 1. The molecule has 1 amide bonds. The third-order valence-electron chi connectivity index (χ3n) is 5.10. The fourth-order valence-electron chi connectivity index (χ4n) is 3.74. The van der Waals surface area contributed by atoms with E-state index >= 15 is 0 Å². The van der Waals surface area contributed by atoms with Crippen molar-refractivity contribution in [2.75, 3.05) is 36.5 Å². The summed E-state index contributed by atoms with van der Waals surface area (Å²) >= 11 is 0. The van der Waals surface area contributed by atoms with E-state index in [2.05, 4.69) is 30.2 Å². The second-order valence-corrected chi connectivity index (χ2v) is 6.93. The van der Waals surface area contributed by atoms with E-state index < -0.39 is 0 Å². The molecule has 28 heavy (non-hydrogen) atoms. The molecule has 3 aromatic rings. The molecule has 9 nitrogen and oxygen atoms in total. The van der Waals surface area contributed by atoms with Crippen LogP contribution in [0.2, 0.25) is 0 Å². The summed E-state index contributed by atoms with van der Waals surface area (Å²) in [4.78, 5) is 30.8. The van der Waals surface area contributed by atoms with Gasteiger partial charge in [0.25, 0.3) is 0 Å². The topological polar surface area (TPSA) is 105 Å². The predicted molar refractivity (Wildman–Crippen MR) is 103 cm³/mol. The Kier molecular flexibility index (Phi) is 4.19. The maximum absolute atomic E-state index is 12.9. The number of aromatic nitrogens is 4. The number of hydrogen-bond donors (Lipinski definition) is 2. The number of nitrogens with one attached hydrogen (secondary N) is 2. The lowest BCUT2D eigenvalue weighted by Gasteiger charge is -2.33. The SMILES string of the molecule is O=C(Nc1ccc2c(c1)OCCO2)[C@H]1CCCN(c2ncnc3nc[nH]c23)C1. The average Bonchev–Trinajstić information content (AvgIpc) is 3.23. The van der Waals surface area contributed by atoms with Crippen molar-refractivity contribution in [3.63, 3.8) is 0 Å². The summed E-state index contributed by atoms with van der Waals surface area (Å²) < 4.78 is 11.1. The minimum atomic E-state index is -0.130. The second kappa shape index (κ2) is 6.99. The fraction of sp³-hybridized carbons (Fsp3) is 0.368. The highest BCUT2D eigenvalue weighted by Crippen LogP contribution is 2.33. The van der Waals surface area contributed by atoms with Crippen molar-refractivity contribution in [2.24, 2.45) is 5.92 Å². The minimum Gasteiger partial charge on any atom is -0.486 e. The highest BCUT2D eigenvalue weighted by Gasteiger charge is 2.28. The molecule has 0 saturated carbocycles. The number of benzene rings is 1. The number of amides is 1. The molecule has 2 aliphatic rings. The van der Waals surface area contributed by atoms with Gasteiger partial charge < -0.3 is 24.7 Å². The molecular formula is C19H20N6O3. The van der Waals surface area contributed by atoms with Crippen LogP contribution in [0.5, 0.6) is 11.5 Å². The number of imidazole rings is 1. The molecule has 2 aromatic heterocycles. The van der Waals surface area contributed by atoms with Gasteiger partial charge in [0, 0.05) is 24.8 Å². The van der Waals surface area contributed by atoms with Crippen LogP contribution in [0, 0.1) is 5.92 Å². The van der Waals surface area contributed by atoms with Gasteiger partial charge in [-0.05, 0) is 25.0 Å². The van der Waals surface area contributed by atoms with Crippen LogP contribution < -0.4 is 19.7 Å². The maximum atomic E-state index is 12.9. The molecule has 1 fully saturated rings. The average molecular weight is 380 g/mol. The second-order valence-electron chi connectivity index (χ2n) is 6.93. The highest BCUT2D eigenvalue weighted by molar-refractivity contribution is 5.93. The van der Waals surface area contributed by atoms with Gasteiger partial charge in [0.05, 0.1) is 12.2 Å². The van der Waals surface area contributed by atoms with Gasteiger partial charge in [0.1, 0.15) is 25.1 Å². The number of ether oxygens (including phenoxy) is 2. The van der Waals surface area contributed by atoms with Gasteiger partial charge in [-0.25, -0.2) is 15.0 Å².